The molecule has 0 bridgehead atoms. The van der Waals surface area contributed by atoms with E-state index in [0.29, 0.717) is 23.6 Å². The van der Waals surface area contributed by atoms with Crippen LogP contribution in [0.25, 0.3) is 22.3 Å². The summed E-state index contributed by atoms with van der Waals surface area (Å²) < 4.78 is 0. The molecule has 0 radical (unpaired) electrons. The molecule has 6 nitrogen and oxygen atoms in total. The second kappa shape index (κ2) is 9.04. The van der Waals surface area contributed by atoms with Crippen molar-refractivity contribution in [1.29, 1.82) is 0 Å². The van der Waals surface area contributed by atoms with Gasteiger partial charge < -0.3 is 20.2 Å². The topological polar surface area (TPSA) is 68.7 Å². The molecule has 1 amide bonds. The van der Waals surface area contributed by atoms with Gasteiger partial charge in [0.2, 0.25) is 5.91 Å². The number of aryl methyl sites for hydroxylation is 1. The minimum Gasteiger partial charge on any atom is -0.507 e. The van der Waals surface area contributed by atoms with E-state index in [9.17, 15) is 9.90 Å². The Labute approximate surface area is 198 Å². The third-order valence-electron chi connectivity index (χ3n) is 6.37. The second-order valence-corrected chi connectivity index (χ2v) is 9.07. The summed E-state index contributed by atoms with van der Waals surface area (Å²) in [6.07, 6.45) is 3.20. The molecule has 0 unspecified atom stereocenters. The Balaban J connectivity index is 1.52. The van der Waals surface area contributed by atoms with E-state index in [1.54, 1.807) is 11.1 Å². The van der Waals surface area contributed by atoms with Crippen molar-refractivity contribution in [3.63, 3.8) is 0 Å². The van der Waals surface area contributed by atoms with Crippen LogP contribution in [0, 0.1) is 6.92 Å². The molecular formula is C26H27ClN4O2. The van der Waals surface area contributed by atoms with Crippen molar-refractivity contribution in [1.82, 2.24) is 10.3 Å². The number of benzene rings is 2. The van der Waals surface area contributed by atoms with Crippen molar-refractivity contribution in [2.75, 3.05) is 42.5 Å². The molecule has 5 rings (SSSR count). The molecule has 2 saturated heterocycles. The number of aromatic nitrogens is 1. The van der Waals surface area contributed by atoms with Gasteiger partial charge in [-0.1, -0.05) is 17.7 Å². The monoisotopic (exact) mass is 462 g/mol. The van der Waals surface area contributed by atoms with Gasteiger partial charge in [0, 0.05) is 56.5 Å². The molecule has 2 fully saturated rings. The fourth-order valence-corrected chi connectivity index (χ4v) is 4.95. The minimum atomic E-state index is 0.100. The lowest BCUT2D eigenvalue weighted by molar-refractivity contribution is -0.117. The van der Waals surface area contributed by atoms with E-state index >= 15 is 0 Å². The van der Waals surface area contributed by atoms with Gasteiger partial charge in [-0.3, -0.25) is 4.79 Å². The van der Waals surface area contributed by atoms with Gasteiger partial charge in [0.1, 0.15) is 11.6 Å². The van der Waals surface area contributed by atoms with Crippen LogP contribution in [-0.4, -0.2) is 48.7 Å². The van der Waals surface area contributed by atoms with E-state index in [1.165, 1.54) is 0 Å². The number of nitrogens with one attached hydrogen (secondary N) is 1. The average molecular weight is 463 g/mol. The molecule has 0 atom stereocenters. The zero-order chi connectivity index (χ0) is 22.9. The first-order valence-corrected chi connectivity index (χ1v) is 11.7. The molecule has 0 aliphatic carbocycles. The smallest absolute Gasteiger partial charge is 0.227 e. The third-order valence-corrected chi connectivity index (χ3v) is 6.68. The maximum atomic E-state index is 12.1. The third kappa shape index (κ3) is 4.28. The lowest BCUT2D eigenvalue weighted by Crippen LogP contribution is -2.43. The van der Waals surface area contributed by atoms with Crippen LogP contribution in [0.15, 0.2) is 48.7 Å². The van der Waals surface area contributed by atoms with Crippen LogP contribution in [-0.2, 0) is 4.79 Å². The molecule has 3 aromatic rings. The highest BCUT2D eigenvalue weighted by molar-refractivity contribution is 6.34. The Hall–Kier alpha value is -3.09. The number of carbonyl (C=O) groups excluding carboxylic acids is 1. The summed E-state index contributed by atoms with van der Waals surface area (Å²) in [5.74, 6) is 1.22. The first-order chi connectivity index (χ1) is 16.0. The number of nitrogens with zero attached hydrogens (tertiary/aromatic N) is 3. The lowest BCUT2D eigenvalue weighted by Gasteiger charge is -2.28. The van der Waals surface area contributed by atoms with Crippen LogP contribution in [0.4, 0.5) is 11.5 Å². The number of rotatable bonds is 4. The highest BCUT2D eigenvalue weighted by Gasteiger charge is 2.24. The summed E-state index contributed by atoms with van der Waals surface area (Å²) in [4.78, 5) is 20.7. The first kappa shape index (κ1) is 21.7. The Bertz CT molecular complexity index is 1210. The van der Waals surface area contributed by atoms with Crippen molar-refractivity contribution in [3.8, 4) is 28.0 Å². The number of anilines is 2. The first-order valence-electron chi connectivity index (χ1n) is 11.4. The van der Waals surface area contributed by atoms with E-state index < -0.39 is 0 Å². The standard InChI is InChI=1S/C26H27ClN4O2/c1-17-13-20(18-4-5-23(22(27)15-18)31-10-2-3-25(31)32)26(33)21(14-17)19-6-7-29-24(16-19)30-11-8-28-9-12-30/h4-7,13-16,28,33H,2-3,8-12H2,1H3. The molecular weight excluding hydrogens is 436 g/mol. The van der Waals surface area contributed by atoms with Gasteiger partial charge in [-0.2, -0.15) is 0 Å². The molecule has 2 aliphatic heterocycles. The zero-order valence-corrected chi connectivity index (χ0v) is 19.4. The summed E-state index contributed by atoms with van der Waals surface area (Å²) in [6.45, 7) is 6.40. The van der Waals surface area contributed by atoms with Gasteiger partial charge in [-0.15, -0.1) is 0 Å². The van der Waals surface area contributed by atoms with Crippen LogP contribution in [0.1, 0.15) is 18.4 Å². The highest BCUT2D eigenvalue weighted by atomic mass is 35.5. The summed E-state index contributed by atoms with van der Waals surface area (Å²) in [5, 5.41) is 15.2. The lowest BCUT2D eigenvalue weighted by atomic mass is 9.95. The van der Waals surface area contributed by atoms with Crippen LogP contribution >= 0.6 is 11.6 Å². The normalized spacial score (nSPS) is 16.5. The largest absolute Gasteiger partial charge is 0.507 e. The number of phenolic OH excluding ortho intramolecular Hbond substituents is 1. The van der Waals surface area contributed by atoms with E-state index in [2.05, 4.69) is 15.2 Å². The molecule has 0 saturated carbocycles. The van der Waals surface area contributed by atoms with E-state index in [0.717, 1.165) is 66.4 Å². The Morgan fingerprint density at radius 1 is 1.00 bits per heavy atom. The maximum Gasteiger partial charge on any atom is 0.227 e. The molecule has 170 valence electrons. The number of halogens is 1. The Morgan fingerprint density at radius 3 is 2.39 bits per heavy atom. The van der Waals surface area contributed by atoms with Crippen LogP contribution in [0.2, 0.25) is 5.02 Å². The fourth-order valence-electron chi connectivity index (χ4n) is 4.67. The number of hydrogen-bond donors (Lipinski definition) is 2. The molecule has 2 aliphatic rings. The maximum absolute atomic E-state index is 12.1. The van der Waals surface area contributed by atoms with Gasteiger partial charge in [0.15, 0.2) is 0 Å². The molecule has 2 aromatic carbocycles. The molecule has 33 heavy (non-hydrogen) atoms. The highest BCUT2D eigenvalue weighted by Crippen LogP contribution is 2.42. The number of hydrogen-bond acceptors (Lipinski definition) is 5. The van der Waals surface area contributed by atoms with Crippen molar-refractivity contribution < 1.29 is 9.90 Å². The second-order valence-electron chi connectivity index (χ2n) is 8.66. The predicted molar refractivity (Wildman–Crippen MR) is 133 cm³/mol. The van der Waals surface area contributed by atoms with E-state index in [-0.39, 0.29) is 11.7 Å². The number of aromatic hydroxyl groups is 1. The van der Waals surface area contributed by atoms with Crippen molar-refractivity contribution in [2.45, 2.75) is 19.8 Å². The number of amides is 1. The van der Waals surface area contributed by atoms with Crippen molar-refractivity contribution >= 4 is 29.0 Å². The number of piperazine rings is 1. The number of phenols is 1. The quantitative estimate of drug-likeness (QED) is 0.592. The summed E-state index contributed by atoms with van der Waals surface area (Å²) in [5.41, 5.74) is 4.98. The summed E-state index contributed by atoms with van der Waals surface area (Å²) in [7, 11) is 0. The summed E-state index contributed by atoms with van der Waals surface area (Å²) in [6, 6.07) is 13.6. The molecule has 2 N–H and O–H groups in total. The van der Waals surface area contributed by atoms with Gasteiger partial charge >= 0.3 is 0 Å². The van der Waals surface area contributed by atoms with Crippen LogP contribution < -0.4 is 15.1 Å². The average Bonchev–Trinajstić information content (AvgIpc) is 3.26. The summed E-state index contributed by atoms with van der Waals surface area (Å²) >= 11 is 6.59. The van der Waals surface area contributed by atoms with E-state index in [4.69, 9.17) is 11.6 Å². The van der Waals surface area contributed by atoms with Crippen LogP contribution in [0.5, 0.6) is 5.75 Å². The molecule has 1 aromatic heterocycles. The molecule has 0 spiro atoms. The van der Waals surface area contributed by atoms with Gasteiger partial charge in [-0.25, -0.2) is 4.98 Å². The molecule has 7 heteroatoms. The van der Waals surface area contributed by atoms with E-state index in [1.807, 2.05) is 49.4 Å². The predicted octanol–water partition coefficient (Wildman–Crippen LogP) is 4.62. The van der Waals surface area contributed by atoms with Crippen LogP contribution in [0.3, 0.4) is 0 Å². The minimum absolute atomic E-state index is 0.100. The van der Waals surface area contributed by atoms with Gasteiger partial charge in [0.05, 0.1) is 10.7 Å². The van der Waals surface area contributed by atoms with Crippen molar-refractivity contribution in [2.24, 2.45) is 0 Å². The van der Waals surface area contributed by atoms with Gasteiger partial charge in [-0.05, 0) is 66.4 Å². The fraction of sp³-hybridized carbons (Fsp3) is 0.308. The zero-order valence-electron chi connectivity index (χ0n) is 18.6. The number of pyridine rings is 1. The van der Waals surface area contributed by atoms with Gasteiger partial charge in [0.25, 0.3) is 0 Å². The Morgan fingerprint density at radius 2 is 1.73 bits per heavy atom. The SMILES string of the molecule is Cc1cc(-c2ccnc(N3CCNCC3)c2)c(O)c(-c2ccc(N3CCCC3=O)c(Cl)c2)c1. The number of carbonyl (C=O) groups is 1. The Kier molecular flexibility index (Phi) is 5.96. The van der Waals surface area contributed by atoms with Crippen molar-refractivity contribution in [3.05, 3.63) is 59.2 Å². The molecule has 3 heterocycles.